The molecule has 0 saturated heterocycles. The molecule has 0 fully saturated rings. The molecule has 0 aliphatic rings. The van der Waals surface area contributed by atoms with Gasteiger partial charge in [0.05, 0.1) is 12.2 Å². The number of nitrogens with zero attached hydrogens (tertiary/aromatic N) is 1. The van der Waals surface area contributed by atoms with Crippen molar-refractivity contribution in [3.05, 3.63) is 24.3 Å². The topological polar surface area (TPSA) is 58.7 Å². The second-order valence-electron chi connectivity index (χ2n) is 4.77. The number of hydrogen-bond acceptors (Lipinski definition) is 4. The van der Waals surface area contributed by atoms with Gasteiger partial charge in [0.1, 0.15) is 5.75 Å². The largest absolute Gasteiger partial charge is 0.491 e. The lowest BCUT2D eigenvalue weighted by atomic mass is 10.2. The highest BCUT2D eigenvalue weighted by molar-refractivity contribution is 5.48. The minimum absolute atomic E-state index is 0.181. The monoisotopic (exact) mass is 252 g/mol. The Morgan fingerprint density at radius 2 is 1.89 bits per heavy atom. The van der Waals surface area contributed by atoms with Crippen LogP contribution in [0, 0.1) is 0 Å². The highest BCUT2D eigenvalue weighted by atomic mass is 16.5. The summed E-state index contributed by atoms with van der Waals surface area (Å²) in [4.78, 5) is 2.01. The Morgan fingerprint density at radius 3 is 2.39 bits per heavy atom. The van der Waals surface area contributed by atoms with E-state index < -0.39 is 0 Å². The van der Waals surface area contributed by atoms with E-state index in [1.165, 1.54) is 0 Å². The fraction of sp³-hybridized carbons (Fsp3) is 0.571. The van der Waals surface area contributed by atoms with Crippen molar-refractivity contribution in [2.24, 2.45) is 5.73 Å². The number of ether oxygens (including phenoxy) is 1. The van der Waals surface area contributed by atoms with Crippen LogP contribution >= 0.6 is 0 Å². The highest BCUT2D eigenvalue weighted by Crippen LogP contribution is 2.19. The first-order valence-electron chi connectivity index (χ1n) is 6.39. The fourth-order valence-corrected chi connectivity index (χ4v) is 1.76. The second kappa shape index (κ2) is 7.24. The third-order valence-electron chi connectivity index (χ3n) is 2.63. The Bertz CT molecular complexity index is 338. The van der Waals surface area contributed by atoms with Gasteiger partial charge in [-0.05, 0) is 51.1 Å². The zero-order valence-electron chi connectivity index (χ0n) is 11.5. The van der Waals surface area contributed by atoms with Crippen LogP contribution in [0.1, 0.15) is 20.3 Å². The quantitative estimate of drug-likeness (QED) is 0.774. The van der Waals surface area contributed by atoms with Gasteiger partial charge in [0.25, 0.3) is 0 Å². The summed E-state index contributed by atoms with van der Waals surface area (Å²) in [6.07, 6.45) is 0.422. The van der Waals surface area contributed by atoms with Crippen LogP contribution in [-0.4, -0.2) is 37.5 Å². The van der Waals surface area contributed by atoms with E-state index in [0.717, 1.165) is 11.4 Å². The molecule has 4 heteroatoms. The van der Waals surface area contributed by atoms with Gasteiger partial charge in [-0.2, -0.15) is 0 Å². The Labute approximate surface area is 109 Å². The van der Waals surface area contributed by atoms with Crippen LogP contribution in [0.4, 0.5) is 5.69 Å². The predicted molar refractivity (Wildman–Crippen MR) is 75.2 cm³/mol. The molecule has 4 nitrogen and oxygen atoms in total. The summed E-state index contributed by atoms with van der Waals surface area (Å²) >= 11 is 0. The van der Waals surface area contributed by atoms with Crippen molar-refractivity contribution in [3.63, 3.8) is 0 Å². The van der Waals surface area contributed by atoms with Crippen LogP contribution < -0.4 is 15.4 Å². The molecular weight excluding hydrogens is 228 g/mol. The molecular formula is C14H24N2O2. The van der Waals surface area contributed by atoms with Crippen molar-refractivity contribution >= 4 is 5.69 Å². The van der Waals surface area contributed by atoms with Crippen molar-refractivity contribution in [1.29, 1.82) is 0 Å². The molecule has 18 heavy (non-hydrogen) atoms. The van der Waals surface area contributed by atoms with E-state index in [4.69, 9.17) is 10.5 Å². The average molecular weight is 252 g/mol. The first-order chi connectivity index (χ1) is 8.52. The minimum atomic E-state index is -0.383. The van der Waals surface area contributed by atoms with Gasteiger partial charge < -0.3 is 20.5 Å². The molecule has 1 rings (SSSR count). The molecule has 1 aromatic carbocycles. The third-order valence-corrected chi connectivity index (χ3v) is 2.63. The van der Waals surface area contributed by atoms with Gasteiger partial charge in [0.15, 0.2) is 0 Å². The molecule has 0 aliphatic heterocycles. The molecule has 1 aromatic rings. The summed E-state index contributed by atoms with van der Waals surface area (Å²) in [5.41, 5.74) is 6.47. The zero-order chi connectivity index (χ0) is 13.5. The lowest BCUT2D eigenvalue weighted by molar-refractivity contribution is 0.174. The minimum Gasteiger partial charge on any atom is -0.491 e. The molecule has 0 radical (unpaired) electrons. The maximum absolute atomic E-state index is 9.71. The first kappa shape index (κ1) is 14.8. The van der Waals surface area contributed by atoms with Gasteiger partial charge in [0, 0.05) is 19.3 Å². The summed E-state index contributed by atoms with van der Waals surface area (Å²) < 4.78 is 5.58. The summed E-state index contributed by atoms with van der Waals surface area (Å²) in [6.45, 7) is 5.10. The third kappa shape index (κ3) is 4.94. The summed E-state index contributed by atoms with van der Waals surface area (Å²) in [5.74, 6) is 0.865. The van der Waals surface area contributed by atoms with Gasteiger partial charge in [-0.15, -0.1) is 0 Å². The van der Waals surface area contributed by atoms with E-state index in [0.29, 0.717) is 19.5 Å². The van der Waals surface area contributed by atoms with Crippen molar-refractivity contribution in [3.8, 4) is 5.75 Å². The molecule has 1 atom stereocenters. The van der Waals surface area contributed by atoms with Gasteiger partial charge in [-0.3, -0.25) is 0 Å². The van der Waals surface area contributed by atoms with Crippen LogP contribution in [0.15, 0.2) is 24.3 Å². The molecule has 0 bridgehead atoms. The Kier molecular flexibility index (Phi) is 5.95. The molecule has 0 aliphatic carbocycles. The van der Waals surface area contributed by atoms with Gasteiger partial charge in [-0.25, -0.2) is 0 Å². The van der Waals surface area contributed by atoms with Crippen LogP contribution in [0.2, 0.25) is 0 Å². The van der Waals surface area contributed by atoms with E-state index in [2.05, 4.69) is 0 Å². The number of likely N-dealkylation sites (N-methyl/N-ethyl adjacent to an activating group) is 1. The van der Waals surface area contributed by atoms with Crippen LogP contribution in [0.25, 0.3) is 0 Å². The predicted octanol–water partition coefficient (Wildman–Crippen LogP) is 1.62. The maximum atomic E-state index is 9.71. The number of hydrogen-bond donors (Lipinski definition) is 2. The molecule has 0 saturated carbocycles. The smallest absolute Gasteiger partial charge is 0.119 e. The zero-order valence-corrected chi connectivity index (χ0v) is 11.5. The molecule has 0 heterocycles. The van der Waals surface area contributed by atoms with E-state index in [1.807, 2.05) is 50.1 Å². The van der Waals surface area contributed by atoms with E-state index in [1.54, 1.807) is 0 Å². The molecule has 3 N–H and O–H groups in total. The Morgan fingerprint density at radius 1 is 1.28 bits per heavy atom. The Hall–Kier alpha value is -1.26. The lowest BCUT2D eigenvalue weighted by Gasteiger charge is -2.22. The van der Waals surface area contributed by atoms with Crippen LogP contribution in [-0.2, 0) is 0 Å². The SMILES string of the molecule is CC(C)Oc1ccc(N(C)CC(O)CCN)cc1. The van der Waals surface area contributed by atoms with Crippen molar-refractivity contribution in [1.82, 2.24) is 0 Å². The van der Waals surface area contributed by atoms with E-state index >= 15 is 0 Å². The number of aliphatic hydroxyl groups excluding tert-OH is 1. The van der Waals surface area contributed by atoms with Gasteiger partial charge >= 0.3 is 0 Å². The molecule has 0 spiro atoms. The maximum Gasteiger partial charge on any atom is 0.119 e. The average Bonchev–Trinajstić information content (AvgIpc) is 2.29. The standard InChI is InChI=1S/C14H24N2O2/c1-11(2)18-14-6-4-12(5-7-14)16(3)10-13(17)8-9-15/h4-7,11,13,17H,8-10,15H2,1-3H3. The van der Waals surface area contributed by atoms with Gasteiger partial charge in [0.2, 0.25) is 0 Å². The molecule has 0 amide bonds. The highest BCUT2D eigenvalue weighted by Gasteiger charge is 2.08. The molecule has 1 unspecified atom stereocenters. The van der Waals surface area contributed by atoms with E-state index in [-0.39, 0.29) is 12.2 Å². The number of benzene rings is 1. The number of rotatable bonds is 7. The molecule has 0 aromatic heterocycles. The summed E-state index contributed by atoms with van der Waals surface area (Å²) in [6, 6.07) is 7.88. The number of nitrogens with two attached hydrogens (primary N) is 1. The van der Waals surface area contributed by atoms with Crippen molar-refractivity contribution in [2.45, 2.75) is 32.5 Å². The van der Waals surface area contributed by atoms with Gasteiger partial charge in [-0.1, -0.05) is 0 Å². The first-order valence-corrected chi connectivity index (χ1v) is 6.39. The van der Waals surface area contributed by atoms with Crippen LogP contribution in [0.3, 0.4) is 0 Å². The number of aliphatic hydroxyl groups is 1. The summed E-state index contributed by atoms with van der Waals surface area (Å²) in [5, 5.41) is 9.71. The fourth-order valence-electron chi connectivity index (χ4n) is 1.76. The van der Waals surface area contributed by atoms with Crippen molar-refractivity contribution in [2.75, 3.05) is 25.0 Å². The lowest BCUT2D eigenvalue weighted by Crippen LogP contribution is -2.30. The normalized spacial score (nSPS) is 12.6. The van der Waals surface area contributed by atoms with Crippen LogP contribution in [0.5, 0.6) is 5.75 Å². The molecule has 102 valence electrons. The van der Waals surface area contributed by atoms with Crippen molar-refractivity contribution < 1.29 is 9.84 Å². The summed E-state index contributed by atoms with van der Waals surface area (Å²) in [7, 11) is 1.96. The Balaban J connectivity index is 2.55. The second-order valence-corrected chi connectivity index (χ2v) is 4.77. The number of anilines is 1. The van der Waals surface area contributed by atoms with E-state index in [9.17, 15) is 5.11 Å².